The first-order chi connectivity index (χ1) is 15.0. The van der Waals surface area contributed by atoms with Gasteiger partial charge in [-0.2, -0.15) is 0 Å². The van der Waals surface area contributed by atoms with Crippen LogP contribution in [-0.4, -0.2) is 11.9 Å². The van der Waals surface area contributed by atoms with E-state index >= 15 is 0 Å². The monoisotopic (exact) mass is 449 g/mol. The molecule has 0 saturated heterocycles. The van der Waals surface area contributed by atoms with E-state index < -0.39 is 0 Å². The second-order valence-electron chi connectivity index (χ2n) is 8.06. The van der Waals surface area contributed by atoms with Gasteiger partial charge in [-0.3, -0.25) is 4.90 Å². The van der Waals surface area contributed by atoms with Crippen LogP contribution in [0.5, 0.6) is 5.75 Å². The third-order valence-corrected chi connectivity index (χ3v) is 5.60. The van der Waals surface area contributed by atoms with Gasteiger partial charge < -0.3 is 9.15 Å². The van der Waals surface area contributed by atoms with E-state index in [0.29, 0.717) is 23.5 Å². The van der Waals surface area contributed by atoms with E-state index in [4.69, 9.17) is 9.15 Å². The van der Waals surface area contributed by atoms with Gasteiger partial charge in [0, 0.05) is 30.1 Å². The molecule has 0 N–H and O–H groups in total. The van der Waals surface area contributed by atoms with Crippen molar-refractivity contribution in [3.05, 3.63) is 111 Å². The van der Waals surface area contributed by atoms with Crippen molar-refractivity contribution in [3.8, 4) is 5.75 Å². The molecule has 0 spiro atoms. The summed E-state index contributed by atoms with van der Waals surface area (Å²) in [5.41, 5.74) is 5.53. The highest BCUT2D eigenvalue weighted by Gasteiger charge is 2.09. The third-order valence-electron chi connectivity index (χ3n) is 5.60. The van der Waals surface area contributed by atoms with Gasteiger partial charge in [-0.15, -0.1) is 12.4 Å². The highest BCUT2D eigenvalue weighted by atomic mass is 35.5. The fourth-order valence-corrected chi connectivity index (χ4v) is 3.69. The molecule has 0 bridgehead atoms. The highest BCUT2D eigenvalue weighted by molar-refractivity contribution is 5.85. The molecule has 5 heteroatoms. The summed E-state index contributed by atoms with van der Waals surface area (Å²) in [6.45, 7) is 5.99. The first-order valence-electron chi connectivity index (χ1n) is 10.5. The number of nitrogens with zero attached hydrogens (tertiary/aromatic N) is 1. The zero-order valence-corrected chi connectivity index (χ0v) is 19.4. The molecule has 0 aliphatic heterocycles. The Morgan fingerprint density at radius 1 is 0.812 bits per heavy atom. The Bertz CT molecular complexity index is 1230. The Morgan fingerprint density at radius 2 is 1.44 bits per heavy atom. The average Bonchev–Trinajstić information content (AvgIpc) is 2.77. The molecular formula is C27H28ClNO3. The van der Waals surface area contributed by atoms with Gasteiger partial charge in [0.2, 0.25) is 0 Å². The molecule has 32 heavy (non-hydrogen) atoms. The van der Waals surface area contributed by atoms with Crippen molar-refractivity contribution < 1.29 is 9.15 Å². The Balaban J connectivity index is 0.00000289. The van der Waals surface area contributed by atoms with Crippen molar-refractivity contribution in [2.75, 3.05) is 7.05 Å². The summed E-state index contributed by atoms with van der Waals surface area (Å²) in [5, 5.41) is 0.938. The highest BCUT2D eigenvalue weighted by Crippen LogP contribution is 2.24. The molecule has 0 aliphatic rings. The molecule has 0 atom stereocenters. The quantitative estimate of drug-likeness (QED) is 0.322. The molecule has 4 rings (SSSR count). The number of rotatable bonds is 7. The van der Waals surface area contributed by atoms with Gasteiger partial charge in [0.1, 0.15) is 17.9 Å². The van der Waals surface area contributed by atoms with Crippen LogP contribution in [0.3, 0.4) is 0 Å². The standard InChI is InChI=1S/C27H27NO3.ClH/c1-19-20(2)27(29)31-26-15-24(13-14-25(19)26)30-18-23-11-9-22(10-12-23)17-28(3)16-21-7-5-4-6-8-21;/h4-15H,16-18H2,1-3H3;1H. The zero-order chi connectivity index (χ0) is 21.8. The van der Waals surface area contributed by atoms with Crippen molar-refractivity contribution in [2.24, 2.45) is 0 Å². The van der Waals surface area contributed by atoms with E-state index in [1.165, 1.54) is 11.1 Å². The summed E-state index contributed by atoms with van der Waals surface area (Å²) >= 11 is 0. The summed E-state index contributed by atoms with van der Waals surface area (Å²) in [7, 11) is 2.13. The minimum atomic E-state index is -0.296. The van der Waals surface area contributed by atoms with E-state index in [0.717, 1.165) is 29.6 Å². The summed E-state index contributed by atoms with van der Waals surface area (Å²) in [4.78, 5) is 14.2. The molecule has 0 aliphatic carbocycles. The molecule has 0 radical (unpaired) electrons. The van der Waals surface area contributed by atoms with Crippen LogP contribution in [0.2, 0.25) is 0 Å². The van der Waals surface area contributed by atoms with Gasteiger partial charge in [-0.25, -0.2) is 4.79 Å². The minimum absolute atomic E-state index is 0. The lowest BCUT2D eigenvalue weighted by atomic mass is 10.1. The number of fused-ring (bicyclic) bond motifs is 1. The molecule has 0 saturated carbocycles. The van der Waals surface area contributed by atoms with Gasteiger partial charge in [0.15, 0.2) is 0 Å². The molecule has 4 nitrogen and oxygen atoms in total. The lowest BCUT2D eigenvalue weighted by Crippen LogP contribution is -2.17. The van der Waals surface area contributed by atoms with Crippen LogP contribution in [0, 0.1) is 13.8 Å². The van der Waals surface area contributed by atoms with E-state index in [2.05, 4.69) is 60.5 Å². The van der Waals surface area contributed by atoms with Crippen LogP contribution >= 0.6 is 12.4 Å². The number of halogens is 1. The van der Waals surface area contributed by atoms with Crippen LogP contribution < -0.4 is 10.4 Å². The molecule has 1 aromatic heterocycles. The second-order valence-corrected chi connectivity index (χ2v) is 8.06. The Morgan fingerprint density at radius 3 is 2.12 bits per heavy atom. The van der Waals surface area contributed by atoms with Gasteiger partial charge in [-0.05, 0) is 55.3 Å². The number of hydrogen-bond acceptors (Lipinski definition) is 4. The van der Waals surface area contributed by atoms with E-state index in [1.54, 1.807) is 13.0 Å². The molecule has 0 fully saturated rings. The molecule has 1 heterocycles. The maximum absolute atomic E-state index is 11.9. The second kappa shape index (κ2) is 10.5. The van der Waals surface area contributed by atoms with Crippen molar-refractivity contribution in [1.82, 2.24) is 4.90 Å². The molecule has 3 aromatic carbocycles. The predicted molar refractivity (Wildman–Crippen MR) is 132 cm³/mol. The first kappa shape index (κ1) is 23.6. The van der Waals surface area contributed by atoms with Crippen molar-refractivity contribution in [2.45, 2.75) is 33.5 Å². The fourth-order valence-electron chi connectivity index (χ4n) is 3.69. The number of hydrogen-bond donors (Lipinski definition) is 0. The fraction of sp³-hybridized carbons (Fsp3) is 0.222. The van der Waals surface area contributed by atoms with Crippen LogP contribution in [0.4, 0.5) is 0 Å². The van der Waals surface area contributed by atoms with Crippen molar-refractivity contribution in [3.63, 3.8) is 0 Å². The zero-order valence-electron chi connectivity index (χ0n) is 18.6. The summed E-state index contributed by atoms with van der Waals surface area (Å²) in [5.74, 6) is 0.686. The van der Waals surface area contributed by atoms with Gasteiger partial charge in [0.05, 0.1) is 0 Å². The van der Waals surface area contributed by atoms with Crippen LogP contribution in [0.1, 0.15) is 27.8 Å². The lowest BCUT2D eigenvalue weighted by Gasteiger charge is -2.17. The van der Waals surface area contributed by atoms with Crippen LogP contribution in [-0.2, 0) is 19.7 Å². The SMILES string of the molecule is Cc1c(C)c2ccc(OCc3ccc(CN(C)Cc4ccccc4)cc3)cc2oc1=O.Cl. The molecular weight excluding hydrogens is 422 g/mol. The first-order valence-corrected chi connectivity index (χ1v) is 10.5. The van der Waals surface area contributed by atoms with E-state index in [9.17, 15) is 4.79 Å². The smallest absolute Gasteiger partial charge is 0.339 e. The van der Waals surface area contributed by atoms with E-state index in [-0.39, 0.29) is 18.0 Å². The van der Waals surface area contributed by atoms with Crippen LogP contribution in [0.15, 0.2) is 82.0 Å². The normalized spacial score (nSPS) is 10.9. The maximum atomic E-state index is 11.9. The van der Waals surface area contributed by atoms with Gasteiger partial charge in [0.25, 0.3) is 0 Å². The largest absolute Gasteiger partial charge is 0.489 e. The Labute approximate surface area is 194 Å². The Kier molecular flexibility index (Phi) is 7.73. The predicted octanol–water partition coefficient (Wildman–Crippen LogP) is 6.04. The van der Waals surface area contributed by atoms with Gasteiger partial charge >= 0.3 is 5.63 Å². The van der Waals surface area contributed by atoms with Crippen molar-refractivity contribution >= 4 is 23.4 Å². The number of ether oxygens (including phenoxy) is 1. The number of benzene rings is 3. The average molecular weight is 450 g/mol. The third kappa shape index (κ3) is 5.58. The Hall–Kier alpha value is -3.08. The van der Waals surface area contributed by atoms with Gasteiger partial charge in [-0.1, -0.05) is 54.6 Å². The van der Waals surface area contributed by atoms with E-state index in [1.807, 2.05) is 25.1 Å². The number of aryl methyl sites for hydroxylation is 1. The summed E-state index contributed by atoms with van der Waals surface area (Å²) < 4.78 is 11.4. The lowest BCUT2D eigenvalue weighted by molar-refractivity contribution is 0.305. The molecule has 166 valence electrons. The molecule has 0 amide bonds. The van der Waals surface area contributed by atoms with Crippen molar-refractivity contribution in [1.29, 1.82) is 0 Å². The van der Waals surface area contributed by atoms with Crippen LogP contribution in [0.25, 0.3) is 11.0 Å². The summed E-state index contributed by atoms with van der Waals surface area (Å²) in [6.07, 6.45) is 0. The molecule has 0 unspecified atom stereocenters. The minimum Gasteiger partial charge on any atom is -0.489 e. The summed E-state index contributed by atoms with van der Waals surface area (Å²) in [6, 6.07) is 24.6. The molecule has 4 aromatic rings. The maximum Gasteiger partial charge on any atom is 0.339 e. The topological polar surface area (TPSA) is 42.7 Å².